The molecular formula is C42H24MoO12-6. The number of aromatic carboxylic acids is 6. The molecule has 0 heterocycles. The van der Waals surface area contributed by atoms with Crippen molar-refractivity contribution in [3.8, 4) is 33.4 Å². The fourth-order valence-corrected chi connectivity index (χ4v) is 4.79. The van der Waals surface area contributed by atoms with Gasteiger partial charge in [0.15, 0.2) is 0 Å². The van der Waals surface area contributed by atoms with Crippen LogP contribution in [-0.2, 0) is 21.1 Å². The maximum Gasteiger partial charge on any atom is 0.0715 e. The summed E-state index contributed by atoms with van der Waals surface area (Å²) in [5.41, 5.74) is 5.39. The van der Waals surface area contributed by atoms with Gasteiger partial charge >= 0.3 is 0 Å². The van der Waals surface area contributed by atoms with Crippen LogP contribution >= 0.6 is 0 Å². The summed E-state index contributed by atoms with van der Waals surface area (Å²) in [6, 6.07) is 37.0. The molecule has 12 nitrogen and oxygen atoms in total. The van der Waals surface area contributed by atoms with E-state index in [-0.39, 0.29) is 54.4 Å². The maximum atomic E-state index is 10.6. The first-order valence-electron chi connectivity index (χ1n) is 15.6. The predicted octanol–water partition coefficient (Wildman–Crippen LogP) is 0.239. The largest absolute Gasteiger partial charge is 0.545 e. The van der Waals surface area contributed by atoms with Gasteiger partial charge in [0.25, 0.3) is 0 Å². The summed E-state index contributed by atoms with van der Waals surface area (Å²) in [7, 11) is 0. The molecule has 0 saturated heterocycles. The molecule has 6 aromatic rings. The number of hydrogen-bond acceptors (Lipinski definition) is 12. The topological polar surface area (TPSA) is 241 Å². The molecule has 0 atom stereocenters. The second kappa shape index (κ2) is 19.6. The van der Waals surface area contributed by atoms with Gasteiger partial charge in [-0.2, -0.15) is 0 Å². The molecule has 6 rings (SSSR count). The minimum absolute atomic E-state index is 0. The van der Waals surface area contributed by atoms with Crippen molar-refractivity contribution < 1.29 is 80.5 Å². The number of carboxylic acid groups (broad SMARTS) is 6. The van der Waals surface area contributed by atoms with E-state index in [1.165, 1.54) is 72.8 Å². The Morgan fingerprint density at radius 2 is 0.309 bits per heavy atom. The molecular weight excluding hydrogens is 792 g/mol. The Labute approximate surface area is 327 Å². The second-order valence-corrected chi connectivity index (χ2v) is 11.2. The van der Waals surface area contributed by atoms with Gasteiger partial charge in [-0.1, -0.05) is 146 Å². The molecule has 0 aromatic heterocycles. The van der Waals surface area contributed by atoms with Crippen molar-refractivity contribution in [2.75, 3.05) is 0 Å². The van der Waals surface area contributed by atoms with E-state index >= 15 is 0 Å². The molecule has 0 aliphatic heterocycles. The Hall–Kier alpha value is -7.17. The van der Waals surface area contributed by atoms with E-state index in [1.807, 2.05) is 0 Å². The number of carbonyl (C=O) groups is 6. The minimum atomic E-state index is -1.23. The fourth-order valence-electron chi connectivity index (χ4n) is 4.79. The van der Waals surface area contributed by atoms with Crippen LogP contribution in [-0.4, -0.2) is 35.8 Å². The van der Waals surface area contributed by atoms with Crippen molar-refractivity contribution in [3.05, 3.63) is 179 Å². The van der Waals surface area contributed by atoms with Gasteiger partial charge in [-0.25, -0.2) is 0 Å². The van der Waals surface area contributed by atoms with Crippen LogP contribution in [0.1, 0.15) is 62.1 Å². The maximum absolute atomic E-state index is 10.6. The molecule has 13 heteroatoms. The number of carbonyl (C=O) groups excluding carboxylic acids is 6. The first kappa shape index (κ1) is 42.2. The van der Waals surface area contributed by atoms with Crippen LogP contribution in [0.4, 0.5) is 0 Å². The van der Waals surface area contributed by atoms with Gasteiger partial charge in [0.2, 0.25) is 0 Å². The molecule has 0 aliphatic carbocycles. The summed E-state index contributed by atoms with van der Waals surface area (Å²) < 4.78 is 0. The third-order valence-electron chi connectivity index (χ3n) is 7.72. The van der Waals surface area contributed by atoms with E-state index in [0.717, 1.165) is 33.4 Å². The van der Waals surface area contributed by atoms with Crippen molar-refractivity contribution in [3.63, 3.8) is 0 Å². The molecule has 0 radical (unpaired) electrons. The molecule has 0 amide bonds. The molecule has 0 bridgehead atoms. The van der Waals surface area contributed by atoms with E-state index in [2.05, 4.69) is 0 Å². The average molecular weight is 817 g/mol. The van der Waals surface area contributed by atoms with E-state index in [0.29, 0.717) is 0 Å². The molecule has 0 N–H and O–H groups in total. The van der Waals surface area contributed by atoms with E-state index in [4.69, 9.17) is 0 Å². The van der Waals surface area contributed by atoms with Gasteiger partial charge in [0, 0.05) is 21.1 Å². The molecule has 0 aliphatic rings. The fraction of sp³-hybridized carbons (Fsp3) is 0. The SMILES string of the molecule is O=C([O-])c1ccc(-c2ccc(C(=O)[O-])cc2)cc1.O=C([O-])c1ccc(-c2ccc(C(=O)[O-])cc2)cc1.O=C([O-])c1ccc(-c2ccc(C(=O)[O-])cc2)cc1.[Mo]. The number of hydrogen-bond donors (Lipinski definition) is 0. The van der Waals surface area contributed by atoms with Crippen molar-refractivity contribution in [2.45, 2.75) is 0 Å². The summed E-state index contributed by atoms with van der Waals surface area (Å²) in [6.07, 6.45) is 0. The first-order valence-corrected chi connectivity index (χ1v) is 15.6. The first-order chi connectivity index (χ1) is 25.7. The molecule has 0 fully saturated rings. The Bertz CT molecular complexity index is 1850. The Morgan fingerprint density at radius 3 is 0.382 bits per heavy atom. The van der Waals surface area contributed by atoms with Crippen LogP contribution in [0.15, 0.2) is 146 Å². The molecule has 0 saturated carbocycles. The quantitative estimate of drug-likeness (QED) is 0.178. The third-order valence-corrected chi connectivity index (χ3v) is 7.72. The monoisotopic (exact) mass is 818 g/mol. The van der Waals surface area contributed by atoms with Crippen molar-refractivity contribution in [1.82, 2.24) is 0 Å². The van der Waals surface area contributed by atoms with Crippen LogP contribution in [0.25, 0.3) is 33.4 Å². The van der Waals surface area contributed by atoms with Gasteiger partial charge < -0.3 is 59.4 Å². The molecule has 6 aromatic carbocycles. The number of benzene rings is 6. The van der Waals surface area contributed by atoms with Crippen LogP contribution < -0.4 is 30.6 Å². The summed E-state index contributed by atoms with van der Waals surface area (Å²) in [6.45, 7) is 0. The minimum Gasteiger partial charge on any atom is -0.545 e. The molecule has 0 spiro atoms. The zero-order valence-corrected chi connectivity index (χ0v) is 30.2. The molecule has 55 heavy (non-hydrogen) atoms. The van der Waals surface area contributed by atoms with Crippen LogP contribution in [0.3, 0.4) is 0 Å². The normalized spacial score (nSPS) is 9.82. The Morgan fingerprint density at radius 1 is 0.218 bits per heavy atom. The van der Waals surface area contributed by atoms with Gasteiger partial charge in [0.1, 0.15) is 0 Å². The summed E-state index contributed by atoms with van der Waals surface area (Å²) in [5.74, 6) is -7.37. The average Bonchev–Trinajstić information content (AvgIpc) is 3.18. The van der Waals surface area contributed by atoms with Crippen molar-refractivity contribution in [2.24, 2.45) is 0 Å². The molecule has 0 unspecified atom stereocenters. The standard InChI is InChI=1S/3C14H10O4.Mo/c3*15-13(16)11-5-1-9(2-6-11)10-3-7-12(8-4-10)14(17)18;/h3*1-8H,(H,15,16)(H,17,18);/p-6. The van der Waals surface area contributed by atoms with E-state index < -0.39 is 35.8 Å². The Balaban J connectivity index is 0.000000220. The Kier molecular flexibility index (Phi) is 15.1. The van der Waals surface area contributed by atoms with Gasteiger partial charge in [-0.15, -0.1) is 0 Å². The van der Waals surface area contributed by atoms with Crippen molar-refractivity contribution in [1.29, 1.82) is 0 Å². The molecule has 276 valence electrons. The number of carboxylic acids is 6. The zero-order valence-electron chi connectivity index (χ0n) is 28.2. The summed E-state index contributed by atoms with van der Waals surface area (Å²) in [4.78, 5) is 63.5. The van der Waals surface area contributed by atoms with E-state index in [1.54, 1.807) is 72.8 Å². The van der Waals surface area contributed by atoms with Gasteiger partial charge in [0.05, 0.1) is 35.8 Å². The van der Waals surface area contributed by atoms with Crippen molar-refractivity contribution >= 4 is 35.8 Å². The van der Waals surface area contributed by atoms with Crippen LogP contribution in [0, 0.1) is 0 Å². The van der Waals surface area contributed by atoms with Crippen LogP contribution in [0.2, 0.25) is 0 Å². The predicted molar refractivity (Wildman–Crippen MR) is 182 cm³/mol. The van der Waals surface area contributed by atoms with Gasteiger partial charge in [-0.3, -0.25) is 0 Å². The van der Waals surface area contributed by atoms with Gasteiger partial charge in [-0.05, 0) is 66.8 Å². The summed E-state index contributed by atoms with van der Waals surface area (Å²) >= 11 is 0. The number of rotatable bonds is 9. The zero-order chi connectivity index (χ0) is 39.4. The third kappa shape index (κ3) is 11.9. The van der Waals surface area contributed by atoms with Crippen LogP contribution in [0.5, 0.6) is 0 Å². The van der Waals surface area contributed by atoms with E-state index in [9.17, 15) is 59.4 Å². The summed E-state index contributed by atoms with van der Waals surface area (Å²) in [5, 5.41) is 63.5. The smallest absolute Gasteiger partial charge is 0.0715 e. The second-order valence-electron chi connectivity index (χ2n) is 11.2.